The Kier molecular flexibility index (Phi) is 5.98. The molecule has 0 fully saturated rings. The standard InChI is InChI=1S/C25H27N5O/c1-18-16-24-26-19(2)23(20(3)30(24)27-18)14-15-25(31)28-29(22-12-8-5-9-13-22)17-21-10-6-4-7-11-21/h4-13,16H,14-15,17H2,1-3H3,(H,28,31). The number of carbonyl (C=O) groups excluding carboxylic acids is 1. The van der Waals surface area contributed by atoms with Crippen LogP contribution >= 0.6 is 0 Å². The summed E-state index contributed by atoms with van der Waals surface area (Å²) in [5, 5.41) is 6.42. The summed E-state index contributed by atoms with van der Waals surface area (Å²) in [6.07, 6.45) is 0.979. The highest BCUT2D eigenvalue weighted by Gasteiger charge is 2.15. The molecule has 1 amide bonds. The van der Waals surface area contributed by atoms with Crippen molar-refractivity contribution in [3.8, 4) is 0 Å². The maximum absolute atomic E-state index is 12.9. The van der Waals surface area contributed by atoms with Crippen molar-refractivity contribution in [3.05, 3.63) is 94.9 Å². The molecule has 2 aromatic heterocycles. The minimum absolute atomic E-state index is 0.0321. The van der Waals surface area contributed by atoms with Crippen LogP contribution < -0.4 is 10.4 Å². The van der Waals surface area contributed by atoms with Crippen LogP contribution in [0.3, 0.4) is 0 Å². The summed E-state index contributed by atoms with van der Waals surface area (Å²) < 4.78 is 1.86. The molecular formula is C25H27N5O. The Morgan fingerprint density at radius 1 is 1.00 bits per heavy atom. The van der Waals surface area contributed by atoms with Crippen molar-refractivity contribution in [2.24, 2.45) is 0 Å². The van der Waals surface area contributed by atoms with Crippen LogP contribution in [0.5, 0.6) is 0 Å². The third-order valence-electron chi connectivity index (χ3n) is 5.40. The van der Waals surface area contributed by atoms with Crippen LogP contribution in [0.25, 0.3) is 5.65 Å². The van der Waals surface area contributed by atoms with Gasteiger partial charge in [-0.1, -0.05) is 48.5 Å². The molecule has 0 aliphatic rings. The van der Waals surface area contributed by atoms with Gasteiger partial charge in [0, 0.05) is 23.9 Å². The van der Waals surface area contributed by atoms with Crippen LogP contribution in [0.1, 0.15) is 34.6 Å². The van der Waals surface area contributed by atoms with E-state index in [1.165, 1.54) is 0 Å². The summed E-state index contributed by atoms with van der Waals surface area (Å²) in [5.74, 6) is -0.0321. The lowest BCUT2D eigenvalue weighted by Gasteiger charge is -2.25. The van der Waals surface area contributed by atoms with E-state index in [-0.39, 0.29) is 5.91 Å². The quantitative estimate of drug-likeness (QED) is 0.458. The molecule has 4 rings (SSSR count). The van der Waals surface area contributed by atoms with Crippen molar-refractivity contribution in [1.29, 1.82) is 0 Å². The average molecular weight is 414 g/mol. The van der Waals surface area contributed by atoms with E-state index >= 15 is 0 Å². The number of rotatable bonds is 7. The number of fused-ring (bicyclic) bond motifs is 1. The first-order chi connectivity index (χ1) is 15.0. The zero-order valence-corrected chi connectivity index (χ0v) is 18.2. The Hall–Kier alpha value is -3.67. The molecule has 2 heterocycles. The van der Waals surface area contributed by atoms with E-state index < -0.39 is 0 Å². The second kappa shape index (κ2) is 9.00. The number of hydrazine groups is 1. The lowest BCUT2D eigenvalue weighted by atomic mass is 10.1. The Morgan fingerprint density at radius 3 is 2.39 bits per heavy atom. The predicted octanol–water partition coefficient (Wildman–Crippen LogP) is 4.33. The monoisotopic (exact) mass is 413 g/mol. The van der Waals surface area contributed by atoms with Gasteiger partial charge in [0.2, 0.25) is 5.91 Å². The number of nitrogens with zero attached hydrogens (tertiary/aromatic N) is 4. The number of benzene rings is 2. The van der Waals surface area contributed by atoms with Gasteiger partial charge in [-0.15, -0.1) is 0 Å². The maximum Gasteiger partial charge on any atom is 0.238 e. The molecular weight excluding hydrogens is 386 g/mol. The van der Waals surface area contributed by atoms with Crippen LogP contribution in [0, 0.1) is 20.8 Å². The van der Waals surface area contributed by atoms with E-state index in [1.54, 1.807) is 0 Å². The third kappa shape index (κ3) is 4.74. The lowest BCUT2D eigenvalue weighted by Crippen LogP contribution is -2.42. The number of anilines is 1. The van der Waals surface area contributed by atoms with Gasteiger partial charge in [0.05, 0.1) is 17.9 Å². The van der Waals surface area contributed by atoms with Crippen molar-refractivity contribution in [2.45, 2.75) is 40.2 Å². The Bertz CT molecular complexity index is 1180. The third-order valence-corrected chi connectivity index (χ3v) is 5.40. The first-order valence-corrected chi connectivity index (χ1v) is 10.5. The SMILES string of the molecule is Cc1cc2nc(C)c(CCC(=O)NN(Cc3ccccc3)c3ccccc3)c(C)n2n1. The van der Waals surface area contributed by atoms with Gasteiger partial charge in [0.1, 0.15) is 0 Å². The fourth-order valence-corrected chi connectivity index (χ4v) is 3.82. The van der Waals surface area contributed by atoms with E-state index in [9.17, 15) is 4.79 Å². The number of hydrogen-bond donors (Lipinski definition) is 1. The van der Waals surface area contributed by atoms with Gasteiger partial charge in [0.25, 0.3) is 0 Å². The zero-order chi connectivity index (χ0) is 21.8. The van der Waals surface area contributed by atoms with Gasteiger partial charge in [0.15, 0.2) is 5.65 Å². The number of amides is 1. The van der Waals surface area contributed by atoms with Crippen molar-refractivity contribution in [2.75, 3.05) is 5.01 Å². The summed E-state index contributed by atoms with van der Waals surface area (Å²) in [7, 11) is 0. The maximum atomic E-state index is 12.9. The van der Waals surface area contributed by atoms with Crippen LogP contribution in [-0.2, 0) is 17.8 Å². The van der Waals surface area contributed by atoms with Gasteiger partial charge in [-0.3, -0.25) is 15.2 Å². The van der Waals surface area contributed by atoms with Crippen LogP contribution in [0.4, 0.5) is 5.69 Å². The molecule has 4 aromatic rings. The van der Waals surface area contributed by atoms with E-state index in [2.05, 4.69) is 27.6 Å². The fourth-order valence-electron chi connectivity index (χ4n) is 3.82. The van der Waals surface area contributed by atoms with Gasteiger partial charge in [-0.2, -0.15) is 5.10 Å². The topological polar surface area (TPSA) is 62.5 Å². The highest BCUT2D eigenvalue weighted by Crippen LogP contribution is 2.18. The summed E-state index contributed by atoms with van der Waals surface area (Å²) in [6.45, 7) is 6.58. The van der Waals surface area contributed by atoms with E-state index in [4.69, 9.17) is 0 Å². The molecule has 2 aromatic carbocycles. The normalized spacial score (nSPS) is 10.9. The summed E-state index contributed by atoms with van der Waals surface area (Å²) >= 11 is 0. The molecule has 0 aliphatic carbocycles. The number of aromatic nitrogens is 3. The summed E-state index contributed by atoms with van der Waals surface area (Å²) in [5.41, 5.74) is 9.99. The summed E-state index contributed by atoms with van der Waals surface area (Å²) in [4.78, 5) is 17.5. The number of hydrogen-bond acceptors (Lipinski definition) is 4. The number of aryl methyl sites for hydroxylation is 3. The van der Waals surface area contributed by atoms with Gasteiger partial charge < -0.3 is 0 Å². The smallest absolute Gasteiger partial charge is 0.238 e. The molecule has 0 saturated heterocycles. The second-order valence-electron chi connectivity index (χ2n) is 7.76. The molecule has 6 heteroatoms. The zero-order valence-electron chi connectivity index (χ0n) is 18.2. The molecule has 6 nitrogen and oxygen atoms in total. The minimum atomic E-state index is -0.0321. The highest BCUT2D eigenvalue weighted by atomic mass is 16.2. The molecule has 0 unspecified atom stereocenters. The lowest BCUT2D eigenvalue weighted by molar-refractivity contribution is -0.121. The molecule has 158 valence electrons. The molecule has 0 bridgehead atoms. The Balaban J connectivity index is 1.49. The molecule has 0 spiro atoms. The number of para-hydroxylation sites is 1. The van der Waals surface area contributed by atoms with Gasteiger partial charge >= 0.3 is 0 Å². The van der Waals surface area contributed by atoms with E-state index in [1.807, 2.05) is 84.9 Å². The van der Waals surface area contributed by atoms with E-state index in [0.29, 0.717) is 19.4 Å². The van der Waals surface area contributed by atoms with Crippen LogP contribution in [-0.4, -0.2) is 20.5 Å². The molecule has 1 N–H and O–H groups in total. The van der Waals surface area contributed by atoms with Crippen LogP contribution in [0.2, 0.25) is 0 Å². The highest BCUT2D eigenvalue weighted by molar-refractivity contribution is 5.78. The van der Waals surface area contributed by atoms with Crippen LogP contribution in [0.15, 0.2) is 66.7 Å². The molecule has 0 atom stereocenters. The molecule has 0 aliphatic heterocycles. The second-order valence-corrected chi connectivity index (χ2v) is 7.76. The number of nitrogens with one attached hydrogen (secondary N) is 1. The largest absolute Gasteiger partial charge is 0.281 e. The van der Waals surface area contributed by atoms with Crippen molar-refractivity contribution in [3.63, 3.8) is 0 Å². The van der Waals surface area contributed by atoms with Crippen molar-refractivity contribution < 1.29 is 4.79 Å². The Morgan fingerprint density at radius 2 is 1.68 bits per heavy atom. The number of carbonyl (C=O) groups is 1. The first kappa shape index (κ1) is 20.6. The summed E-state index contributed by atoms with van der Waals surface area (Å²) in [6, 6.07) is 22.0. The predicted molar refractivity (Wildman–Crippen MR) is 123 cm³/mol. The average Bonchev–Trinajstić information content (AvgIpc) is 3.15. The first-order valence-electron chi connectivity index (χ1n) is 10.5. The molecule has 0 saturated carbocycles. The molecule has 0 radical (unpaired) electrons. The minimum Gasteiger partial charge on any atom is -0.281 e. The van der Waals surface area contributed by atoms with Crippen molar-refractivity contribution in [1.82, 2.24) is 20.0 Å². The van der Waals surface area contributed by atoms with E-state index in [0.717, 1.165) is 39.5 Å². The van der Waals surface area contributed by atoms with Gasteiger partial charge in [-0.05, 0) is 50.5 Å². The van der Waals surface area contributed by atoms with Gasteiger partial charge in [-0.25, -0.2) is 9.50 Å². The molecule has 31 heavy (non-hydrogen) atoms. The fraction of sp³-hybridized carbons (Fsp3) is 0.240. The Labute approximate surface area is 182 Å². The van der Waals surface area contributed by atoms with Crippen molar-refractivity contribution >= 4 is 17.2 Å².